The van der Waals surface area contributed by atoms with Crippen LogP contribution in [-0.4, -0.2) is 39.1 Å². The Hall–Kier alpha value is -1.62. The zero-order valence-electron chi connectivity index (χ0n) is 12.9. The SMILES string of the molecule is CC(C)C/C=C/C1=C(C(=O)O)N2C(=O)C(C(C)O)C2C1C. The molecule has 5 heteroatoms. The highest BCUT2D eigenvalue weighted by Gasteiger charge is 2.59. The number of amides is 1. The third kappa shape index (κ3) is 2.50. The summed E-state index contributed by atoms with van der Waals surface area (Å²) in [5, 5.41) is 19.2. The largest absolute Gasteiger partial charge is 0.477 e. The number of aliphatic hydroxyl groups is 1. The first-order valence-corrected chi connectivity index (χ1v) is 7.42. The fraction of sp³-hybridized carbons (Fsp3) is 0.625. The number of aliphatic hydroxyl groups excluding tert-OH is 1. The topological polar surface area (TPSA) is 77.8 Å². The number of fused-ring (bicyclic) bond motifs is 1. The normalized spacial score (nSPS) is 30.1. The van der Waals surface area contributed by atoms with Crippen LogP contribution in [0.3, 0.4) is 0 Å². The molecule has 4 unspecified atom stereocenters. The standard InChI is InChI=1S/C16H23NO4/c1-8(2)6-5-7-11-9(3)13-12(10(4)18)15(19)17(13)14(11)16(20)21/h5,7-10,12-13,18H,6H2,1-4H3,(H,20,21)/b7-5+. The van der Waals surface area contributed by atoms with Crippen molar-refractivity contribution in [2.45, 2.75) is 46.3 Å². The van der Waals surface area contributed by atoms with E-state index >= 15 is 0 Å². The van der Waals surface area contributed by atoms with Crippen molar-refractivity contribution in [3.63, 3.8) is 0 Å². The third-order valence-electron chi connectivity index (χ3n) is 4.33. The molecule has 1 saturated heterocycles. The molecular weight excluding hydrogens is 270 g/mol. The Balaban J connectivity index is 2.32. The fourth-order valence-corrected chi connectivity index (χ4v) is 3.28. The highest BCUT2D eigenvalue weighted by Crippen LogP contribution is 2.47. The van der Waals surface area contributed by atoms with Gasteiger partial charge in [0.15, 0.2) is 0 Å². The summed E-state index contributed by atoms with van der Waals surface area (Å²) < 4.78 is 0. The molecule has 0 aliphatic carbocycles. The van der Waals surface area contributed by atoms with Gasteiger partial charge in [0.2, 0.25) is 5.91 Å². The molecule has 0 spiro atoms. The molecule has 5 nitrogen and oxygen atoms in total. The number of hydrogen-bond donors (Lipinski definition) is 2. The summed E-state index contributed by atoms with van der Waals surface area (Å²) >= 11 is 0. The van der Waals surface area contributed by atoms with Gasteiger partial charge < -0.3 is 15.1 Å². The van der Waals surface area contributed by atoms with Gasteiger partial charge in [-0.25, -0.2) is 4.79 Å². The zero-order valence-corrected chi connectivity index (χ0v) is 12.9. The van der Waals surface area contributed by atoms with Crippen LogP contribution < -0.4 is 0 Å². The summed E-state index contributed by atoms with van der Waals surface area (Å²) in [7, 11) is 0. The van der Waals surface area contributed by atoms with E-state index in [1.807, 2.05) is 19.1 Å². The Morgan fingerprint density at radius 2 is 2.00 bits per heavy atom. The molecule has 4 atom stereocenters. The average molecular weight is 293 g/mol. The quantitative estimate of drug-likeness (QED) is 0.757. The first-order valence-electron chi connectivity index (χ1n) is 7.42. The molecule has 2 rings (SSSR count). The molecule has 2 N–H and O–H groups in total. The molecule has 0 aromatic rings. The van der Waals surface area contributed by atoms with E-state index in [1.165, 1.54) is 4.90 Å². The number of carboxylic acids is 1. The van der Waals surface area contributed by atoms with Gasteiger partial charge >= 0.3 is 5.97 Å². The molecule has 116 valence electrons. The molecule has 0 bridgehead atoms. The molecule has 21 heavy (non-hydrogen) atoms. The lowest BCUT2D eigenvalue weighted by Crippen LogP contribution is -2.63. The number of carbonyl (C=O) groups excluding carboxylic acids is 1. The summed E-state index contributed by atoms with van der Waals surface area (Å²) in [6.45, 7) is 7.69. The van der Waals surface area contributed by atoms with Gasteiger partial charge in [-0.2, -0.15) is 0 Å². The van der Waals surface area contributed by atoms with Crippen LogP contribution in [0.1, 0.15) is 34.1 Å². The molecule has 2 aliphatic heterocycles. The number of allylic oxidation sites excluding steroid dienone is 2. The van der Waals surface area contributed by atoms with Crippen molar-refractivity contribution in [3.05, 3.63) is 23.4 Å². The minimum absolute atomic E-state index is 0.0724. The predicted octanol–water partition coefficient (Wildman–Crippen LogP) is 1.78. The Labute approximate surface area is 124 Å². The van der Waals surface area contributed by atoms with E-state index in [1.54, 1.807) is 6.92 Å². The van der Waals surface area contributed by atoms with Crippen molar-refractivity contribution >= 4 is 11.9 Å². The predicted molar refractivity (Wildman–Crippen MR) is 78.2 cm³/mol. The van der Waals surface area contributed by atoms with Crippen LogP contribution in [0.4, 0.5) is 0 Å². The molecular formula is C16H23NO4. The smallest absolute Gasteiger partial charge is 0.352 e. The molecule has 2 aliphatic rings. The lowest BCUT2D eigenvalue weighted by Gasteiger charge is -2.46. The van der Waals surface area contributed by atoms with Crippen LogP contribution in [0.2, 0.25) is 0 Å². The lowest BCUT2D eigenvalue weighted by atomic mass is 9.77. The Morgan fingerprint density at radius 1 is 1.38 bits per heavy atom. The number of carbonyl (C=O) groups is 2. The summed E-state index contributed by atoms with van der Waals surface area (Å²) in [5.41, 5.74) is 0.763. The monoisotopic (exact) mass is 293 g/mol. The van der Waals surface area contributed by atoms with Crippen molar-refractivity contribution in [1.29, 1.82) is 0 Å². The second-order valence-electron chi connectivity index (χ2n) is 6.39. The number of aliphatic carboxylic acids is 1. The van der Waals surface area contributed by atoms with E-state index in [4.69, 9.17) is 0 Å². The van der Waals surface area contributed by atoms with Gasteiger partial charge in [0.05, 0.1) is 18.1 Å². The van der Waals surface area contributed by atoms with Crippen LogP contribution in [-0.2, 0) is 9.59 Å². The molecule has 1 fully saturated rings. The van der Waals surface area contributed by atoms with E-state index in [9.17, 15) is 19.8 Å². The van der Waals surface area contributed by atoms with Crippen molar-refractivity contribution in [3.8, 4) is 0 Å². The van der Waals surface area contributed by atoms with Crippen LogP contribution in [0, 0.1) is 17.8 Å². The molecule has 1 amide bonds. The highest BCUT2D eigenvalue weighted by molar-refractivity contribution is 6.00. The second kappa shape index (κ2) is 5.64. The van der Waals surface area contributed by atoms with Gasteiger partial charge in [0, 0.05) is 5.92 Å². The molecule has 0 saturated carbocycles. The number of nitrogens with zero attached hydrogens (tertiary/aromatic N) is 1. The van der Waals surface area contributed by atoms with E-state index in [-0.39, 0.29) is 23.6 Å². The second-order valence-corrected chi connectivity index (χ2v) is 6.39. The van der Waals surface area contributed by atoms with E-state index in [0.717, 1.165) is 6.42 Å². The Bertz CT molecular complexity index is 518. The summed E-state index contributed by atoms with van der Waals surface area (Å²) in [6.07, 6.45) is 3.91. The van der Waals surface area contributed by atoms with Crippen LogP contribution in [0.25, 0.3) is 0 Å². The van der Waals surface area contributed by atoms with Crippen molar-refractivity contribution in [1.82, 2.24) is 4.90 Å². The van der Waals surface area contributed by atoms with Crippen LogP contribution in [0.5, 0.6) is 0 Å². The van der Waals surface area contributed by atoms with Crippen LogP contribution in [0.15, 0.2) is 23.4 Å². The zero-order chi connectivity index (χ0) is 15.9. The Morgan fingerprint density at radius 3 is 2.48 bits per heavy atom. The fourth-order valence-electron chi connectivity index (χ4n) is 3.28. The Kier molecular flexibility index (Phi) is 4.23. The third-order valence-corrected chi connectivity index (χ3v) is 4.33. The number of hydrogen-bond acceptors (Lipinski definition) is 3. The average Bonchev–Trinajstić information content (AvgIpc) is 2.59. The minimum Gasteiger partial charge on any atom is -0.477 e. The summed E-state index contributed by atoms with van der Waals surface area (Å²) in [6, 6.07) is -0.234. The van der Waals surface area contributed by atoms with Crippen molar-refractivity contribution in [2.75, 3.05) is 0 Å². The summed E-state index contributed by atoms with van der Waals surface area (Å²) in [4.78, 5) is 25.0. The maximum absolute atomic E-state index is 12.1. The van der Waals surface area contributed by atoms with E-state index in [0.29, 0.717) is 11.5 Å². The minimum atomic E-state index is -1.08. The molecule has 0 aromatic carbocycles. The summed E-state index contributed by atoms with van der Waals surface area (Å²) in [5.74, 6) is -1.43. The van der Waals surface area contributed by atoms with Gasteiger partial charge in [-0.15, -0.1) is 0 Å². The molecule has 0 radical (unpaired) electrons. The van der Waals surface area contributed by atoms with Crippen LogP contribution >= 0.6 is 0 Å². The van der Waals surface area contributed by atoms with Gasteiger partial charge in [-0.05, 0) is 24.8 Å². The first-order chi connectivity index (χ1) is 9.77. The number of β-lactam (4-membered cyclic amide) rings is 1. The van der Waals surface area contributed by atoms with Gasteiger partial charge in [-0.3, -0.25) is 4.79 Å². The lowest BCUT2D eigenvalue weighted by molar-refractivity contribution is -0.163. The van der Waals surface area contributed by atoms with E-state index in [2.05, 4.69) is 13.8 Å². The maximum atomic E-state index is 12.1. The van der Waals surface area contributed by atoms with Gasteiger partial charge in [0.25, 0.3) is 0 Å². The van der Waals surface area contributed by atoms with Crippen molar-refractivity contribution in [2.24, 2.45) is 17.8 Å². The van der Waals surface area contributed by atoms with E-state index < -0.39 is 18.0 Å². The first kappa shape index (κ1) is 15.8. The molecule has 2 heterocycles. The highest BCUT2D eigenvalue weighted by atomic mass is 16.4. The van der Waals surface area contributed by atoms with Gasteiger partial charge in [0.1, 0.15) is 5.70 Å². The molecule has 0 aromatic heterocycles. The van der Waals surface area contributed by atoms with Crippen molar-refractivity contribution < 1.29 is 19.8 Å². The number of carboxylic acid groups (broad SMARTS) is 1. The van der Waals surface area contributed by atoms with Gasteiger partial charge in [-0.1, -0.05) is 32.9 Å². The maximum Gasteiger partial charge on any atom is 0.352 e. The number of rotatable bonds is 5.